The molecule has 2 aromatic rings. The van der Waals surface area contributed by atoms with E-state index in [1.165, 1.54) is 0 Å². The fourth-order valence-corrected chi connectivity index (χ4v) is 4.80. The van der Waals surface area contributed by atoms with Gasteiger partial charge in [0.15, 0.2) is 5.17 Å². The number of fused-ring (bicyclic) bond motifs is 1. The van der Waals surface area contributed by atoms with Crippen molar-refractivity contribution >= 4 is 28.5 Å². The summed E-state index contributed by atoms with van der Waals surface area (Å²) >= 11 is 1.64. The zero-order valence-corrected chi connectivity index (χ0v) is 14.5. The fraction of sp³-hybridized carbons (Fsp3) is 0.333. The Bertz CT molecular complexity index is 825. The number of benzene rings is 1. The van der Waals surface area contributed by atoms with E-state index in [1.54, 1.807) is 30.2 Å². The molecule has 0 radical (unpaired) electrons. The van der Waals surface area contributed by atoms with E-state index >= 15 is 0 Å². The van der Waals surface area contributed by atoms with Gasteiger partial charge in [-0.15, -0.1) is 0 Å². The maximum absolute atomic E-state index is 12.3. The molecule has 1 aliphatic heterocycles. The number of carbonyl (C=O) groups is 1. The van der Waals surface area contributed by atoms with Gasteiger partial charge >= 0.3 is 0 Å². The summed E-state index contributed by atoms with van der Waals surface area (Å²) in [6, 6.07) is 9.59. The Morgan fingerprint density at radius 2 is 2.12 bits per heavy atom. The Kier molecular flexibility index (Phi) is 4.17. The van der Waals surface area contributed by atoms with Crippen molar-refractivity contribution in [3.05, 3.63) is 54.1 Å². The lowest BCUT2D eigenvalue weighted by atomic mass is 9.81. The number of rotatable bonds is 3. The molecule has 1 aromatic heterocycles. The molecule has 2 heterocycles. The molecular weight excluding hydrogens is 334 g/mol. The predicted octanol–water partition coefficient (Wildman–Crippen LogP) is 2.79. The molecule has 0 unspecified atom stereocenters. The maximum atomic E-state index is 12.3. The van der Waals surface area contributed by atoms with Crippen LogP contribution in [0.1, 0.15) is 35.4 Å². The Labute approximate surface area is 150 Å². The first kappa shape index (κ1) is 16.1. The summed E-state index contributed by atoms with van der Waals surface area (Å²) in [5, 5.41) is 3.53. The zero-order valence-electron chi connectivity index (χ0n) is 13.7. The molecule has 1 saturated carbocycles. The molecule has 2 aliphatic rings. The van der Waals surface area contributed by atoms with Crippen molar-refractivity contribution in [1.82, 2.24) is 9.97 Å². The number of nitrogens with one attached hydrogen (secondary N) is 1. The smallest absolute Gasteiger partial charge is 0.293 e. The standard InChI is InChI=1S/C18H19N5OS/c19-17-23-18(7-2-5-13(18)11-25-17)12-4-1-6-14(10-12)22-16(24)15-20-8-3-9-21-15/h1,3-4,6,8-10,13H,2,5,7,11H2,(H2,19,23)(H,22,24)/t13-,18+/m0/s1. The van der Waals surface area contributed by atoms with Gasteiger partial charge in [-0.3, -0.25) is 9.79 Å². The molecular formula is C18H19N5OS. The zero-order chi connectivity index (χ0) is 17.3. The molecule has 1 aromatic carbocycles. The van der Waals surface area contributed by atoms with Gasteiger partial charge in [0, 0.05) is 23.8 Å². The highest BCUT2D eigenvalue weighted by atomic mass is 32.2. The van der Waals surface area contributed by atoms with Gasteiger partial charge < -0.3 is 11.1 Å². The lowest BCUT2D eigenvalue weighted by molar-refractivity contribution is 0.101. The topological polar surface area (TPSA) is 93.3 Å². The fourth-order valence-electron chi connectivity index (χ4n) is 3.76. The van der Waals surface area contributed by atoms with Gasteiger partial charge in [0.2, 0.25) is 5.82 Å². The van der Waals surface area contributed by atoms with E-state index in [0.29, 0.717) is 11.1 Å². The molecule has 25 heavy (non-hydrogen) atoms. The number of nitrogens with zero attached hydrogens (tertiary/aromatic N) is 3. The lowest BCUT2D eigenvalue weighted by Crippen LogP contribution is -2.36. The van der Waals surface area contributed by atoms with Crippen molar-refractivity contribution in [1.29, 1.82) is 0 Å². The highest BCUT2D eigenvalue weighted by molar-refractivity contribution is 8.13. The number of hydrogen-bond donors (Lipinski definition) is 2. The maximum Gasteiger partial charge on any atom is 0.293 e. The minimum atomic E-state index is -0.319. The molecule has 1 aliphatic carbocycles. The van der Waals surface area contributed by atoms with Crippen molar-refractivity contribution < 1.29 is 4.79 Å². The molecule has 1 fully saturated rings. The van der Waals surface area contributed by atoms with E-state index < -0.39 is 0 Å². The Morgan fingerprint density at radius 3 is 2.96 bits per heavy atom. The number of hydrogen-bond acceptors (Lipinski definition) is 6. The monoisotopic (exact) mass is 353 g/mol. The van der Waals surface area contributed by atoms with Crippen molar-refractivity contribution in [3.8, 4) is 0 Å². The van der Waals surface area contributed by atoms with Gasteiger partial charge in [0.1, 0.15) is 0 Å². The largest absolute Gasteiger partial charge is 0.379 e. The van der Waals surface area contributed by atoms with Gasteiger partial charge in [0.25, 0.3) is 5.91 Å². The first-order valence-corrected chi connectivity index (χ1v) is 9.33. The Balaban J connectivity index is 1.64. The molecule has 0 bridgehead atoms. The average molecular weight is 353 g/mol. The van der Waals surface area contributed by atoms with Crippen molar-refractivity contribution in [2.75, 3.05) is 11.1 Å². The summed E-state index contributed by atoms with van der Waals surface area (Å²) in [6.07, 6.45) is 6.42. The van der Waals surface area contributed by atoms with Crippen LogP contribution in [0.3, 0.4) is 0 Å². The summed E-state index contributed by atoms with van der Waals surface area (Å²) in [7, 11) is 0. The van der Waals surface area contributed by atoms with Crippen LogP contribution in [0.25, 0.3) is 0 Å². The van der Waals surface area contributed by atoms with Crippen LogP contribution in [0.15, 0.2) is 47.7 Å². The van der Waals surface area contributed by atoms with Gasteiger partial charge in [0.05, 0.1) is 5.54 Å². The van der Waals surface area contributed by atoms with Gasteiger partial charge in [-0.25, -0.2) is 9.97 Å². The Morgan fingerprint density at radius 1 is 1.28 bits per heavy atom. The number of carbonyl (C=O) groups excluding carboxylic acids is 1. The van der Waals surface area contributed by atoms with Gasteiger partial charge in [-0.1, -0.05) is 30.3 Å². The number of aromatic nitrogens is 2. The molecule has 7 heteroatoms. The number of amides is 1. The summed E-state index contributed by atoms with van der Waals surface area (Å²) < 4.78 is 0. The Hall–Kier alpha value is -2.41. The van der Waals surface area contributed by atoms with E-state index in [1.807, 2.05) is 18.2 Å². The van der Waals surface area contributed by atoms with Crippen LogP contribution in [0, 0.1) is 5.92 Å². The third-order valence-electron chi connectivity index (χ3n) is 4.92. The third-order valence-corrected chi connectivity index (χ3v) is 5.87. The summed E-state index contributed by atoms with van der Waals surface area (Å²) in [5.74, 6) is 1.33. The van der Waals surface area contributed by atoms with E-state index in [2.05, 4.69) is 21.4 Å². The van der Waals surface area contributed by atoms with Crippen molar-refractivity contribution in [3.63, 3.8) is 0 Å². The average Bonchev–Trinajstić information content (AvgIpc) is 3.07. The number of anilines is 1. The minimum Gasteiger partial charge on any atom is -0.379 e. The molecule has 128 valence electrons. The van der Waals surface area contributed by atoms with Crippen LogP contribution in [0.2, 0.25) is 0 Å². The summed E-state index contributed by atoms with van der Waals surface area (Å²) in [5.41, 5.74) is 7.62. The van der Waals surface area contributed by atoms with Crippen LogP contribution in [0.4, 0.5) is 5.69 Å². The summed E-state index contributed by atoms with van der Waals surface area (Å²) in [6.45, 7) is 0. The van der Waals surface area contributed by atoms with Crippen LogP contribution in [0.5, 0.6) is 0 Å². The van der Waals surface area contributed by atoms with E-state index in [-0.39, 0.29) is 17.3 Å². The highest BCUT2D eigenvalue weighted by Crippen LogP contribution is 2.50. The summed E-state index contributed by atoms with van der Waals surface area (Å²) in [4.78, 5) is 25.1. The molecule has 4 rings (SSSR count). The van der Waals surface area contributed by atoms with Crippen LogP contribution in [-0.2, 0) is 5.54 Å². The lowest BCUT2D eigenvalue weighted by Gasteiger charge is -2.36. The normalized spacial score (nSPS) is 25.1. The molecule has 0 spiro atoms. The minimum absolute atomic E-state index is 0.154. The van der Waals surface area contributed by atoms with E-state index in [4.69, 9.17) is 10.7 Å². The highest BCUT2D eigenvalue weighted by Gasteiger charge is 2.46. The van der Waals surface area contributed by atoms with Gasteiger partial charge in [-0.2, -0.15) is 0 Å². The molecule has 0 saturated heterocycles. The number of amidine groups is 1. The quantitative estimate of drug-likeness (QED) is 0.885. The first-order valence-electron chi connectivity index (χ1n) is 8.34. The SMILES string of the molecule is NC1=N[C@@]2(c3cccc(NC(=O)c4ncccn4)c3)CCC[C@H]2CS1. The molecule has 6 nitrogen and oxygen atoms in total. The number of thioether (sulfide) groups is 1. The second kappa shape index (κ2) is 6.48. The number of aliphatic imine (C=N–C) groups is 1. The second-order valence-electron chi connectivity index (χ2n) is 6.38. The molecule has 3 N–H and O–H groups in total. The molecule has 1 amide bonds. The first-order chi connectivity index (χ1) is 12.2. The number of nitrogens with two attached hydrogens (primary N) is 1. The molecule has 2 atom stereocenters. The van der Waals surface area contributed by atoms with E-state index in [0.717, 1.165) is 36.3 Å². The van der Waals surface area contributed by atoms with Crippen LogP contribution in [-0.4, -0.2) is 26.8 Å². The van der Waals surface area contributed by atoms with Crippen molar-refractivity contribution in [2.45, 2.75) is 24.8 Å². The second-order valence-corrected chi connectivity index (χ2v) is 7.42. The van der Waals surface area contributed by atoms with Crippen molar-refractivity contribution in [2.24, 2.45) is 16.6 Å². The van der Waals surface area contributed by atoms with Crippen LogP contribution >= 0.6 is 11.8 Å². The van der Waals surface area contributed by atoms with Crippen LogP contribution < -0.4 is 11.1 Å². The predicted molar refractivity (Wildman–Crippen MR) is 99.5 cm³/mol. The van der Waals surface area contributed by atoms with Gasteiger partial charge in [-0.05, 0) is 42.5 Å². The third kappa shape index (κ3) is 3.00. The van der Waals surface area contributed by atoms with E-state index in [9.17, 15) is 4.79 Å².